The molecule has 1 atom stereocenters. The first-order valence-electron chi connectivity index (χ1n) is 6.83. The van der Waals surface area contributed by atoms with E-state index >= 15 is 0 Å². The second kappa shape index (κ2) is 6.11. The summed E-state index contributed by atoms with van der Waals surface area (Å²) in [6, 6.07) is 7.68. The fourth-order valence-electron chi connectivity index (χ4n) is 2.24. The Morgan fingerprint density at radius 2 is 2.14 bits per heavy atom. The van der Waals surface area contributed by atoms with E-state index in [9.17, 15) is 0 Å². The Kier molecular flexibility index (Phi) is 4.03. The van der Waals surface area contributed by atoms with Crippen LogP contribution in [0.15, 0.2) is 28.8 Å². The Morgan fingerprint density at radius 3 is 2.90 bits per heavy atom. The fraction of sp³-hybridized carbons (Fsp3) is 0.429. The zero-order valence-corrected chi connectivity index (χ0v) is 11.9. The van der Waals surface area contributed by atoms with Crippen LogP contribution in [0.25, 0.3) is 0 Å². The maximum atomic E-state index is 5.92. The van der Waals surface area contributed by atoms with Gasteiger partial charge in [0, 0.05) is 6.54 Å². The molecule has 1 aliphatic heterocycles. The number of aromatic nitrogens is 2. The summed E-state index contributed by atoms with van der Waals surface area (Å²) < 4.78 is 16.6. The van der Waals surface area contributed by atoms with E-state index in [-0.39, 0.29) is 12.6 Å². The molecule has 0 saturated heterocycles. The van der Waals surface area contributed by atoms with Crippen molar-refractivity contribution in [3.63, 3.8) is 0 Å². The first-order valence-corrected chi connectivity index (χ1v) is 6.83. The van der Waals surface area contributed by atoms with E-state index in [0.29, 0.717) is 31.4 Å². The van der Waals surface area contributed by atoms with Crippen LogP contribution >= 0.6 is 0 Å². The van der Waals surface area contributed by atoms with E-state index in [0.717, 1.165) is 11.5 Å². The third-order valence-corrected chi connectivity index (χ3v) is 3.18. The van der Waals surface area contributed by atoms with Gasteiger partial charge in [-0.3, -0.25) is 4.90 Å². The smallest absolute Gasteiger partial charge is 0.240 e. The number of fused-ring (bicyclic) bond motifs is 1. The average molecular weight is 290 g/mol. The predicted octanol–water partition coefficient (Wildman–Crippen LogP) is 0.800. The van der Waals surface area contributed by atoms with Crippen molar-refractivity contribution in [1.29, 1.82) is 0 Å². The maximum absolute atomic E-state index is 5.92. The van der Waals surface area contributed by atoms with Crippen LogP contribution in [0.1, 0.15) is 11.7 Å². The number of benzene rings is 1. The fourth-order valence-corrected chi connectivity index (χ4v) is 2.24. The van der Waals surface area contributed by atoms with Crippen molar-refractivity contribution < 1.29 is 14.0 Å². The van der Waals surface area contributed by atoms with Crippen LogP contribution in [0.5, 0.6) is 11.5 Å². The molecule has 7 nitrogen and oxygen atoms in total. The monoisotopic (exact) mass is 290 g/mol. The molecule has 2 heterocycles. The van der Waals surface area contributed by atoms with Crippen LogP contribution in [0.3, 0.4) is 0 Å². The van der Waals surface area contributed by atoms with E-state index in [1.807, 2.05) is 31.3 Å². The molecule has 1 aromatic heterocycles. The summed E-state index contributed by atoms with van der Waals surface area (Å²) in [4.78, 5) is 6.24. The Morgan fingerprint density at radius 1 is 1.33 bits per heavy atom. The lowest BCUT2D eigenvalue weighted by molar-refractivity contribution is 0.0630. The molecule has 7 heteroatoms. The van der Waals surface area contributed by atoms with Gasteiger partial charge in [0.05, 0.1) is 13.1 Å². The van der Waals surface area contributed by atoms with Crippen LogP contribution in [0.2, 0.25) is 0 Å². The van der Waals surface area contributed by atoms with Crippen LogP contribution in [-0.4, -0.2) is 41.3 Å². The Labute approximate surface area is 122 Å². The third kappa shape index (κ3) is 3.32. The van der Waals surface area contributed by atoms with Gasteiger partial charge >= 0.3 is 0 Å². The van der Waals surface area contributed by atoms with Gasteiger partial charge in [0.25, 0.3) is 0 Å². The van der Waals surface area contributed by atoms with Gasteiger partial charge in [-0.05, 0) is 19.2 Å². The molecule has 112 valence electrons. The standard InChI is InChI=1S/C14H18N4O3/c1-18(8-13-16-14(6-15)21-17-13)7-10-9-19-11-4-2-3-5-12(11)20-10/h2-5,10H,6-9,15H2,1H3. The summed E-state index contributed by atoms with van der Waals surface area (Å²) in [6.07, 6.45) is -0.0224. The van der Waals surface area contributed by atoms with Crippen molar-refractivity contribution in [1.82, 2.24) is 15.0 Å². The number of rotatable bonds is 5. The van der Waals surface area contributed by atoms with Gasteiger partial charge < -0.3 is 19.7 Å². The highest BCUT2D eigenvalue weighted by atomic mass is 16.6. The van der Waals surface area contributed by atoms with Gasteiger partial charge in [0.1, 0.15) is 12.7 Å². The van der Waals surface area contributed by atoms with Gasteiger partial charge in [-0.25, -0.2) is 0 Å². The molecule has 0 fully saturated rings. The quantitative estimate of drug-likeness (QED) is 0.871. The molecule has 2 N–H and O–H groups in total. The molecule has 0 radical (unpaired) electrons. The molecule has 0 spiro atoms. The van der Waals surface area contributed by atoms with Crippen molar-refractivity contribution in [2.24, 2.45) is 5.73 Å². The summed E-state index contributed by atoms with van der Waals surface area (Å²) in [5, 5.41) is 3.88. The highest BCUT2D eigenvalue weighted by Gasteiger charge is 2.22. The lowest BCUT2D eigenvalue weighted by Crippen LogP contribution is -2.39. The van der Waals surface area contributed by atoms with E-state index in [4.69, 9.17) is 19.7 Å². The normalized spacial score (nSPS) is 17.2. The number of para-hydroxylation sites is 2. The summed E-state index contributed by atoms with van der Waals surface area (Å²) in [6.45, 7) is 2.07. The first-order chi connectivity index (χ1) is 10.2. The Hall–Kier alpha value is -2.12. The van der Waals surface area contributed by atoms with E-state index < -0.39 is 0 Å². The molecule has 21 heavy (non-hydrogen) atoms. The molecule has 3 rings (SSSR count). The molecule has 1 aromatic carbocycles. The summed E-state index contributed by atoms with van der Waals surface area (Å²) >= 11 is 0. The lowest BCUT2D eigenvalue weighted by Gasteiger charge is -2.29. The second-order valence-electron chi connectivity index (χ2n) is 5.00. The van der Waals surface area contributed by atoms with Gasteiger partial charge in [0.2, 0.25) is 5.89 Å². The van der Waals surface area contributed by atoms with E-state index in [1.54, 1.807) is 0 Å². The van der Waals surface area contributed by atoms with Crippen molar-refractivity contribution in [2.75, 3.05) is 20.2 Å². The van der Waals surface area contributed by atoms with Crippen LogP contribution in [0.4, 0.5) is 0 Å². The van der Waals surface area contributed by atoms with Gasteiger partial charge in [0.15, 0.2) is 17.3 Å². The zero-order valence-electron chi connectivity index (χ0n) is 11.9. The highest BCUT2D eigenvalue weighted by Crippen LogP contribution is 2.30. The van der Waals surface area contributed by atoms with Crippen molar-refractivity contribution in [3.8, 4) is 11.5 Å². The molecule has 0 saturated carbocycles. The van der Waals surface area contributed by atoms with Crippen molar-refractivity contribution in [3.05, 3.63) is 36.0 Å². The molecule has 2 aromatic rings. The number of hydrogen-bond acceptors (Lipinski definition) is 7. The molecule has 1 aliphatic rings. The number of nitrogens with two attached hydrogens (primary N) is 1. The van der Waals surface area contributed by atoms with Gasteiger partial charge in [-0.2, -0.15) is 4.98 Å². The Bertz CT molecular complexity index is 601. The highest BCUT2D eigenvalue weighted by molar-refractivity contribution is 5.40. The Balaban J connectivity index is 1.55. The van der Waals surface area contributed by atoms with Gasteiger partial charge in [-0.1, -0.05) is 17.3 Å². The average Bonchev–Trinajstić information content (AvgIpc) is 2.94. The topological polar surface area (TPSA) is 86.6 Å². The van der Waals surface area contributed by atoms with Crippen molar-refractivity contribution >= 4 is 0 Å². The summed E-state index contributed by atoms with van der Waals surface area (Å²) in [5.74, 6) is 2.65. The number of likely N-dealkylation sites (N-methyl/N-ethyl adjacent to an activating group) is 1. The molecule has 0 bridgehead atoms. The zero-order chi connectivity index (χ0) is 14.7. The third-order valence-electron chi connectivity index (χ3n) is 3.18. The SMILES string of the molecule is CN(Cc1noc(CN)n1)CC1COc2ccccc2O1. The molecule has 0 aliphatic carbocycles. The molecule has 1 unspecified atom stereocenters. The maximum Gasteiger partial charge on any atom is 0.240 e. The number of hydrogen-bond donors (Lipinski definition) is 1. The van der Waals surface area contributed by atoms with E-state index in [2.05, 4.69) is 15.0 Å². The minimum Gasteiger partial charge on any atom is -0.486 e. The van der Waals surface area contributed by atoms with Crippen LogP contribution in [-0.2, 0) is 13.1 Å². The minimum atomic E-state index is -0.0224. The van der Waals surface area contributed by atoms with E-state index in [1.165, 1.54) is 0 Å². The lowest BCUT2D eigenvalue weighted by atomic mass is 10.2. The van der Waals surface area contributed by atoms with Crippen LogP contribution in [0, 0.1) is 0 Å². The number of ether oxygens (including phenoxy) is 2. The summed E-state index contributed by atoms with van der Waals surface area (Å²) in [5.41, 5.74) is 5.44. The van der Waals surface area contributed by atoms with Gasteiger partial charge in [-0.15, -0.1) is 0 Å². The first kappa shape index (κ1) is 13.8. The number of nitrogens with zero attached hydrogens (tertiary/aromatic N) is 3. The second-order valence-corrected chi connectivity index (χ2v) is 5.00. The van der Waals surface area contributed by atoms with Crippen LogP contribution < -0.4 is 15.2 Å². The predicted molar refractivity (Wildman–Crippen MR) is 74.9 cm³/mol. The van der Waals surface area contributed by atoms with Crippen molar-refractivity contribution in [2.45, 2.75) is 19.2 Å². The molecular formula is C14H18N4O3. The largest absolute Gasteiger partial charge is 0.486 e. The molecular weight excluding hydrogens is 272 g/mol. The summed E-state index contributed by atoms with van der Waals surface area (Å²) in [7, 11) is 1.97. The minimum absolute atomic E-state index is 0.0224. The molecule has 0 amide bonds.